The lowest BCUT2D eigenvalue weighted by molar-refractivity contribution is -0.136. The zero-order chi connectivity index (χ0) is 21.0. The largest absolute Gasteiger partial charge is 0.481 e. The van der Waals surface area contributed by atoms with Gasteiger partial charge in [0.1, 0.15) is 0 Å². The van der Waals surface area contributed by atoms with Crippen LogP contribution in [0.1, 0.15) is 65.2 Å². The van der Waals surface area contributed by atoms with E-state index in [1.165, 1.54) is 11.1 Å². The van der Waals surface area contributed by atoms with Crippen LogP contribution < -0.4 is 0 Å². The summed E-state index contributed by atoms with van der Waals surface area (Å²) in [5.74, 6) is 0.461. The van der Waals surface area contributed by atoms with Crippen molar-refractivity contribution in [3.05, 3.63) is 23.3 Å². The number of carboxylic acid groups (broad SMARTS) is 1. The molecule has 162 valence electrons. The predicted molar refractivity (Wildman–Crippen MR) is 110 cm³/mol. The number of allylic oxidation sites excluding steroid dienone is 3. The number of carboxylic acids is 1. The SMILES string of the molecule is C[C@]12CCC(C(O)CO)CC1=CC[C@@H]1[C@@H]2[C@@H](O)C[C@]2(C)C(=CCC(=O)O)CC[C@@H]12. The van der Waals surface area contributed by atoms with Crippen LogP contribution in [0, 0.1) is 34.5 Å². The van der Waals surface area contributed by atoms with E-state index in [2.05, 4.69) is 19.9 Å². The minimum Gasteiger partial charge on any atom is -0.481 e. The summed E-state index contributed by atoms with van der Waals surface area (Å²) in [5, 5.41) is 40.0. The Kier molecular flexibility index (Phi) is 5.46. The van der Waals surface area contributed by atoms with Gasteiger partial charge in [-0.2, -0.15) is 0 Å². The lowest BCUT2D eigenvalue weighted by atomic mass is 9.46. The van der Waals surface area contributed by atoms with Gasteiger partial charge in [0.2, 0.25) is 0 Å². The van der Waals surface area contributed by atoms with E-state index in [1.54, 1.807) is 0 Å². The Balaban J connectivity index is 1.62. The molecule has 3 fully saturated rings. The van der Waals surface area contributed by atoms with Crippen molar-refractivity contribution in [1.29, 1.82) is 0 Å². The Labute approximate surface area is 173 Å². The minimum atomic E-state index is -0.793. The molecule has 0 saturated heterocycles. The van der Waals surface area contributed by atoms with E-state index in [1.807, 2.05) is 6.08 Å². The lowest BCUT2D eigenvalue weighted by Crippen LogP contribution is -2.55. The molecule has 3 saturated carbocycles. The maximum absolute atomic E-state index is 11.4. The number of hydrogen-bond donors (Lipinski definition) is 4. The van der Waals surface area contributed by atoms with Crippen LogP contribution in [0.4, 0.5) is 0 Å². The monoisotopic (exact) mass is 404 g/mol. The summed E-state index contributed by atoms with van der Waals surface area (Å²) in [6, 6.07) is 0. The highest BCUT2D eigenvalue weighted by Crippen LogP contribution is 2.66. The third-order valence-corrected chi connectivity index (χ3v) is 9.18. The van der Waals surface area contributed by atoms with E-state index in [0.29, 0.717) is 11.8 Å². The van der Waals surface area contributed by atoms with E-state index in [4.69, 9.17) is 5.11 Å². The summed E-state index contributed by atoms with van der Waals surface area (Å²) < 4.78 is 0. The van der Waals surface area contributed by atoms with Gasteiger partial charge >= 0.3 is 5.97 Å². The number of aliphatic carboxylic acids is 1. The number of fused-ring (bicyclic) bond motifs is 5. The molecule has 4 aliphatic rings. The molecular formula is C24H36O5. The van der Waals surface area contributed by atoms with Gasteiger partial charge in [-0.25, -0.2) is 0 Å². The zero-order valence-corrected chi connectivity index (χ0v) is 17.7. The molecule has 8 atom stereocenters. The third kappa shape index (κ3) is 3.30. The average molecular weight is 405 g/mol. The minimum absolute atomic E-state index is 0.0388. The Hall–Kier alpha value is -1.17. The number of hydrogen-bond acceptors (Lipinski definition) is 4. The fourth-order valence-electron chi connectivity index (χ4n) is 7.69. The molecule has 5 nitrogen and oxygen atoms in total. The Morgan fingerprint density at radius 2 is 2.07 bits per heavy atom. The molecule has 0 radical (unpaired) electrons. The van der Waals surface area contributed by atoms with E-state index in [9.17, 15) is 20.1 Å². The van der Waals surface area contributed by atoms with Gasteiger partial charge in [0.05, 0.1) is 25.2 Å². The quantitative estimate of drug-likeness (QED) is 0.539. The number of rotatable bonds is 4. The van der Waals surface area contributed by atoms with E-state index in [0.717, 1.165) is 44.9 Å². The molecule has 0 aromatic rings. The zero-order valence-electron chi connectivity index (χ0n) is 17.7. The van der Waals surface area contributed by atoms with Crippen LogP contribution in [-0.4, -0.2) is 45.2 Å². The maximum atomic E-state index is 11.4. The Morgan fingerprint density at radius 3 is 2.76 bits per heavy atom. The highest BCUT2D eigenvalue weighted by atomic mass is 16.4. The van der Waals surface area contributed by atoms with Crippen LogP contribution in [0.25, 0.3) is 0 Å². The normalized spacial score (nSPS) is 46.4. The summed E-state index contributed by atoms with van der Waals surface area (Å²) >= 11 is 0. The first-order valence-electron chi connectivity index (χ1n) is 11.3. The van der Waals surface area contributed by atoms with Crippen molar-refractivity contribution in [2.45, 2.75) is 77.4 Å². The van der Waals surface area contributed by atoms with Crippen molar-refractivity contribution in [2.24, 2.45) is 34.5 Å². The molecule has 0 bridgehead atoms. The molecule has 0 aliphatic heterocycles. The molecule has 2 unspecified atom stereocenters. The summed E-state index contributed by atoms with van der Waals surface area (Å²) in [4.78, 5) is 11.1. The second-order valence-electron chi connectivity index (χ2n) is 10.5. The molecule has 5 heteroatoms. The van der Waals surface area contributed by atoms with Crippen LogP contribution in [0.3, 0.4) is 0 Å². The first-order valence-corrected chi connectivity index (χ1v) is 11.3. The highest BCUT2D eigenvalue weighted by molar-refractivity contribution is 5.68. The fourth-order valence-corrected chi connectivity index (χ4v) is 7.69. The summed E-state index contributed by atoms with van der Waals surface area (Å²) in [7, 11) is 0. The highest BCUT2D eigenvalue weighted by Gasteiger charge is 2.60. The molecule has 0 spiro atoms. The van der Waals surface area contributed by atoms with Gasteiger partial charge in [-0.05, 0) is 79.4 Å². The number of aliphatic hydroxyl groups excluding tert-OH is 3. The van der Waals surface area contributed by atoms with Crippen molar-refractivity contribution >= 4 is 5.97 Å². The topological polar surface area (TPSA) is 98.0 Å². The maximum Gasteiger partial charge on any atom is 0.307 e. The third-order valence-electron chi connectivity index (χ3n) is 9.18. The Bertz CT molecular complexity index is 727. The summed E-state index contributed by atoms with van der Waals surface area (Å²) in [6.07, 6.45) is 9.66. The van der Waals surface area contributed by atoms with Gasteiger partial charge in [-0.3, -0.25) is 4.79 Å². The van der Waals surface area contributed by atoms with Crippen LogP contribution in [0.5, 0.6) is 0 Å². The van der Waals surface area contributed by atoms with Gasteiger partial charge in [0, 0.05) is 0 Å². The molecule has 0 aromatic heterocycles. The molecule has 0 amide bonds. The van der Waals surface area contributed by atoms with Gasteiger partial charge in [0.15, 0.2) is 0 Å². The van der Waals surface area contributed by atoms with Gasteiger partial charge < -0.3 is 20.4 Å². The van der Waals surface area contributed by atoms with E-state index in [-0.39, 0.29) is 41.8 Å². The van der Waals surface area contributed by atoms with Crippen molar-refractivity contribution in [2.75, 3.05) is 6.61 Å². The molecule has 4 N–H and O–H groups in total. The van der Waals surface area contributed by atoms with Gasteiger partial charge in [-0.1, -0.05) is 37.1 Å². The summed E-state index contributed by atoms with van der Waals surface area (Å²) in [5.41, 5.74) is 2.46. The molecule has 0 heterocycles. The smallest absolute Gasteiger partial charge is 0.307 e. The molecule has 4 rings (SSSR count). The van der Waals surface area contributed by atoms with Crippen LogP contribution in [-0.2, 0) is 4.79 Å². The first-order chi connectivity index (χ1) is 13.7. The lowest BCUT2D eigenvalue weighted by Gasteiger charge is -2.59. The standard InChI is InChI=1S/C24H36O5/c1-23-10-9-14(20(27)13-25)11-16(23)3-6-17-18-7-4-15(5-8-21(28)29)24(18,2)12-19(26)22(17)23/h3,5,14,17-20,22,25-27H,4,6-13H2,1-2H3,(H,28,29)/t14?,17-,18-,19-,20?,22+,23-,24+/m0/s1. The van der Waals surface area contributed by atoms with Gasteiger partial charge in [0.25, 0.3) is 0 Å². The molecular weight excluding hydrogens is 368 g/mol. The molecule has 29 heavy (non-hydrogen) atoms. The predicted octanol–water partition coefficient (Wildman–Crippen LogP) is 3.29. The Morgan fingerprint density at radius 1 is 1.31 bits per heavy atom. The van der Waals surface area contributed by atoms with Gasteiger partial charge in [-0.15, -0.1) is 0 Å². The molecule has 0 aromatic carbocycles. The average Bonchev–Trinajstić information content (AvgIpc) is 3.00. The van der Waals surface area contributed by atoms with Crippen LogP contribution in [0.15, 0.2) is 23.3 Å². The van der Waals surface area contributed by atoms with Crippen molar-refractivity contribution < 1.29 is 25.2 Å². The molecule has 4 aliphatic carbocycles. The second kappa shape index (κ2) is 7.51. The van der Waals surface area contributed by atoms with Crippen LogP contribution >= 0.6 is 0 Å². The number of carbonyl (C=O) groups is 1. The van der Waals surface area contributed by atoms with Crippen molar-refractivity contribution in [3.63, 3.8) is 0 Å². The summed E-state index contributed by atoms with van der Waals surface area (Å²) in [6.45, 7) is 4.36. The van der Waals surface area contributed by atoms with E-state index < -0.39 is 12.1 Å². The fraction of sp³-hybridized carbons (Fsp3) is 0.792. The van der Waals surface area contributed by atoms with Crippen molar-refractivity contribution in [3.8, 4) is 0 Å². The van der Waals surface area contributed by atoms with E-state index >= 15 is 0 Å². The van der Waals surface area contributed by atoms with Crippen LogP contribution in [0.2, 0.25) is 0 Å². The first kappa shape index (κ1) is 21.1. The van der Waals surface area contributed by atoms with Crippen molar-refractivity contribution in [1.82, 2.24) is 0 Å². The number of aliphatic hydroxyl groups is 3. The second-order valence-corrected chi connectivity index (χ2v) is 10.5.